The highest BCUT2D eigenvalue weighted by atomic mass is 16.3. The summed E-state index contributed by atoms with van der Waals surface area (Å²) in [6.45, 7) is -0.0922. The Bertz CT molecular complexity index is 624. The molecular weight excluding hydrogens is 268 g/mol. The summed E-state index contributed by atoms with van der Waals surface area (Å²) < 4.78 is 0. The minimum Gasteiger partial charge on any atom is -0.508 e. The Labute approximate surface area is 122 Å². The third-order valence-electron chi connectivity index (χ3n) is 3.05. The number of amides is 2. The van der Waals surface area contributed by atoms with Crippen molar-refractivity contribution in [3.8, 4) is 5.75 Å². The van der Waals surface area contributed by atoms with Crippen LogP contribution in [0.25, 0.3) is 0 Å². The molecular formula is C16H16N2O3. The number of likely N-dealkylation sites (N-methyl/N-ethyl adjacent to an activating group) is 1. The monoisotopic (exact) mass is 284 g/mol. The normalized spacial score (nSPS) is 9.95. The number of phenols is 1. The van der Waals surface area contributed by atoms with Crippen LogP contribution in [0.15, 0.2) is 54.6 Å². The van der Waals surface area contributed by atoms with Crippen LogP contribution >= 0.6 is 0 Å². The molecule has 2 rings (SSSR count). The SMILES string of the molecule is CN(C(=O)CNC(=O)c1ccccc1)c1ccc(O)cc1. The Hall–Kier alpha value is -2.82. The van der Waals surface area contributed by atoms with Gasteiger partial charge >= 0.3 is 0 Å². The van der Waals surface area contributed by atoms with Crippen molar-refractivity contribution in [2.24, 2.45) is 0 Å². The molecule has 0 spiro atoms. The third-order valence-corrected chi connectivity index (χ3v) is 3.05. The van der Waals surface area contributed by atoms with Crippen LogP contribution < -0.4 is 10.2 Å². The Balaban J connectivity index is 1.92. The molecule has 5 heteroatoms. The van der Waals surface area contributed by atoms with Gasteiger partial charge in [-0.05, 0) is 36.4 Å². The average molecular weight is 284 g/mol. The fraction of sp³-hybridized carbons (Fsp3) is 0.125. The summed E-state index contributed by atoms with van der Waals surface area (Å²) in [5, 5.41) is 11.8. The first-order chi connectivity index (χ1) is 10.1. The Morgan fingerprint density at radius 2 is 1.67 bits per heavy atom. The highest BCUT2D eigenvalue weighted by Crippen LogP contribution is 2.17. The largest absolute Gasteiger partial charge is 0.508 e. The number of carbonyl (C=O) groups is 2. The summed E-state index contributed by atoms with van der Waals surface area (Å²) in [7, 11) is 1.61. The van der Waals surface area contributed by atoms with Crippen molar-refractivity contribution in [1.29, 1.82) is 0 Å². The molecule has 0 bridgehead atoms. The molecule has 2 N–H and O–H groups in total. The van der Waals surface area contributed by atoms with Gasteiger partial charge in [0.15, 0.2) is 0 Å². The van der Waals surface area contributed by atoms with Gasteiger partial charge in [0.05, 0.1) is 6.54 Å². The van der Waals surface area contributed by atoms with Crippen LogP contribution in [0.3, 0.4) is 0 Å². The van der Waals surface area contributed by atoms with Gasteiger partial charge in [-0.1, -0.05) is 18.2 Å². The molecule has 108 valence electrons. The van der Waals surface area contributed by atoms with Crippen molar-refractivity contribution in [2.45, 2.75) is 0 Å². The molecule has 2 aromatic rings. The van der Waals surface area contributed by atoms with E-state index in [9.17, 15) is 14.7 Å². The van der Waals surface area contributed by atoms with Gasteiger partial charge in [-0.2, -0.15) is 0 Å². The van der Waals surface area contributed by atoms with Crippen molar-refractivity contribution >= 4 is 17.5 Å². The number of anilines is 1. The molecule has 5 nitrogen and oxygen atoms in total. The molecule has 0 atom stereocenters. The number of phenolic OH excluding ortho intramolecular Hbond substituents is 1. The zero-order chi connectivity index (χ0) is 15.2. The van der Waals surface area contributed by atoms with Gasteiger partial charge in [0.1, 0.15) is 5.75 Å². The van der Waals surface area contributed by atoms with E-state index in [4.69, 9.17) is 0 Å². The van der Waals surface area contributed by atoms with Crippen LogP contribution in [0.4, 0.5) is 5.69 Å². The number of nitrogens with one attached hydrogen (secondary N) is 1. The highest BCUT2D eigenvalue weighted by Gasteiger charge is 2.12. The van der Waals surface area contributed by atoms with E-state index >= 15 is 0 Å². The second kappa shape index (κ2) is 6.56. The van der Waals surface area contributed by atoms with E-state index in [0.29, 0.717) is 11.3 Å². The van der Waals surface area contributed by atoms with E-state index in [1.165, 1.54) is 17.0 Å². The molecule has 2 aromatic carbocycles. The molecule has 0 unspecified atom stereocenters. The molecule has 0 saturated carbocycles. The van der Waals surface area contributed by atoms with E-state index < -0.39 is 0 Å². The number of hydrogen-bond donors (Lipinski definition) is 2. The van der Waals surface area contributed by atoms with Crippen LogP contribution in [0.5, 0.6) is 5.75 Å². The number of rotatable bonds is 4. The van der Waals surface area contributed by atoms with E-state index in [0.717, 1.165) is 0 Å². The molecule has 0 aliphatic heterocycles. The zero-order valence-corrected chi connectivity index (χ0v) is 11.6. The molecule has 21 heavy (non-hydrogen) atoms. The Kier molecular flexibility index (Phi) is 4.56. The first kappa shape index (κ1) is 14.6. The number of aromatic hydroxyl groups is 1. The van der Waals surface area contributed by atoms with Gasteiger partial charge in [0.2, 0.25) is 5.91 Å². The van der Waals surface area contributed by atoms with Crippen molar-refractivity contribution in [1.82, 2.24) is 5.32 Å². The van der Waals surface area contributed by atoms with Crippen molar-refractivity contribution in [3.05, 3.63) is 60.2 Å². The maximum atomic E-state index is 12.0. The van der Waals surface area contributed by atoms with Crippen LogP contribution in [-0.4, -0.2) is 30.5 Å². The topological polar surface area (TPSA) is 69.6 Å². The lowest BCUT2D eigenvalue weighted by atomic mass is 10.2. The molecule has 0 heterocycles. The fourth-order valence-corrected chi connectivity index (χ4v) is 1.79. The third kappa shape index (κ3) is 3.82. The lowest BCUT2D eigenvalue weighted by Gasteiger charge is -2.17. The molecule has 2 amide bonds. The predicted molar refractivity (Wildman–Crippen MR) is 80.3 cm³/mol. The summed E-state index contributed by atoms with van der Waals surface area (Å²) in [4.78, 5) is 25.3. The molecule has 0 aliphatic carbocycles. The maximum Gasteiger partial charge on any atom is 0.251 e. The minimum absolute atomic E-state index is 0.0922. The van der Waals surface area contributed by atoms with Crippen LogP contribution in [0, 0.1) is 0 Å². The van der Waals surface area contributed by atoms with Crippen molar-refractivity contribution in [2.75, 3.05) is 18.5 Å². The number of hydrogen-bond acceptors (Lipinski definition) is 3. The summed E-state index contributed by atoms with van der Waals surface area (Å²) >= 11 is 0. The first-order valence-corrected chi connectivity index (χ1v) is 6.47. The number of benzene rings is 2. The van der Waals surface area contributed by atoms with Gasteiger partial charge in [-0.25, -0.2) is 0 Å². The predicted octanol–water partition coefficient (Wildman–Crippen LogP) is 1.78. The Morgan fingerprint density at radius 1 is 1.05 bits per heavy atom. The fourth-order valence-electron chi connectivity index (χ4n) is 1.79. The number of carbonyl (C=O) groups excluding carboxylic acids is 2. The van der Waals surface area contributed by atoms with Crippen LogP contribution in [0.1, 0.15) is 10.4 Å². The average Bonchev–Trinajstić information content (AvgIpc) is 2.53. The van der Waals surface area contributed by atoms with Crippen molar-refractivity contribution in [3.63, 3.8) is 0 Å². The molecule has 0 aliphatic rings. The first-order valence-electron chi connectivity index (χ1n) is 6.47. The Morgan fingerprint density at radius 3 is 2.29 bits per heavy atom. The van der Waals surface area contributed by atoms with E-state index in [1.807, 2.05) is 6.07 Å². The van der Waals surface area contributed by atoms with Gasteiger partial charge in [-0.15, -0.1) is 0 Å². The van der Waals surface area contributed by atoms with Gasteiger partial charge in [0, 0.05) is 18.3 Å². The lowest BCUT2D eigenvalue weighted by molar-refractivity contribution is -0.117. The smallest absolute Gasteiger partial charge is 0.251 e. The molecule has 0 aromatic heterocycles. The van der Waals surface area contributed by atoms with E-state index in [2.05, 4.69) is 5.32 Å². The standard InChI is InChI=1S/C16H16N2O3/c1-18(13-7-9-14(19)10-8-13)15(20)11-17-16(21)12-5-3-2-4-6-12/h2-10,19H,11H2,1H3,(H,17,21). The second-order valence-electron chi connectivity index (χ2n) is 4.52. The zero-order valence-electron chi connectivity index (χ0n) is 11.6. The number of nitrogens with zero attached hydrogens (tertiary/aromatic N) is 1. The highest BCUT2D eigenvalue weighted by molar-refractivity contribution is 6.00. The summed E-state index contributed by atoms with van der Waals surface area (Å²) in [6.07, 6.45) is 0. The van der Waals surface area contributed by atoms with Crippen LogP contribution in [-0.2, 0) is 4.79 Å². The molecule has 0 fully saturated rings. The van der Waals surface area contributed by atoms with Gasteiger partial charge in [0.25, 0.3) is 5.91 Å². The maximum absolute atomic E-state index is 12.0. The quantitative estimate of drug-likeness (QED) is 0.899. The van der Waals surface area contributed by atoms with E-state index in [1.54, 1.807) is 43.4 Å². The van der Waals surface area contributed by atoms with Gasteiger partial charge < -0.3 is 15.3 Å². The van der Waals surface area contributed by atoms with Crippen molar-refractivity contribution < 1.29 is 14.7 Å². The van der Waals surface area contributed by atoms with E-state index in [-0.39, 0.29) is 24.1 Å². The lowest BCUT2D eigenvalue weighted by Crippen LogP contribution is -2.38. The second-order valence-corrected chi connectivity index (χ2v) is 4.52. The summed E-state index contributed by atoms with van der Waals surface area (Å²) in [5.41, 5.74) is 1.16. The molecule has 0 radical (unpaired) electrons. The van der Waals surface area contributed by atoms with Crippen LogP contribution in [0.2, 0.25) is 0 Å². The summed E-state index contributed by atoms with van der Waals surface area (Å²) in [6, 6.07) is 15.0. The molecule has 0 saturated heterocycles. The minimum atomic E-state index is -0.289. The van der Waals surface area contributed by atoms with Gasteiger partial charge in [-0.3, -0.25) is 9.59 Å². The summed E-state index contributed by atoms with van der Waals surface area (Å²) in [5.74, 6) is -0.398.